The molecule has 1 rings (SSSR count). The zero-order valence-electron chi connectivity index (χ0n) is 8.58. The molecule has 4 atom stereocenters. The number of aliphatic hydroxyl groups excluding tert-OH is 1. The summed E-state index contributed by atoms with van der Waals surface area (Å²) in [5, 5.41) is 9.53. The van der Waals surface area contributed by atoms with E-state index < -0.39 is 0 Å². The highest BCUT2D eigenvalue weighted by molar-refractivity contribution is 4.99. The van der Waals surface area contributed by atoms with Gasteiger partial charge in [0.1, 0.15) is 0 Å². The van der Waals surface area contributed by atoms with Crippen LogP contribution in [0.25, 0.3) is 0 Å². The van der Waals surface area contributed by atoms with Crippen LogP contribution in [0.3, 0.4) is 0 Å². The van der Waals surface area contributed by atoms with Crippen molar-refractivity contribution in [3.8, 4) is 11.8 Å². The summed E-state index contributed by atoms with van der Waals surface area (Å²) in [7, 11) is 0. The van der Waals surface area contributed by atoms with Crippen molar-refractivity contribution >= 4 is 0 Å². The van der Waals surface area contributed by atoms with Crippen molar-refractivity contribution in [1.29, 1.82) is 0 Å². The van der Waals surface area contributed by atoms with Crippen molar-refractivity contribution < 1.29 is 9.84 Å². The predicted molar refractivity (Wildman–Crippen MR) is 52.2 cm³/mol. The van der Waals surface area contributed by atoms with E-state index in [1.807, 2.05) is 13.8 Å². The van der Waals surface area contributed by atoms with Gasteiger partial charge >= 0.3 is 0 Å². The van der Waals surface area contributed by atoms with E-state index in [0.29, 0.717) is 5.92 Å². The SMILES string of the molecule is CC#CC[C@@H]1O[C@H](C)[C@@H](O)C[C@@H]1C. The molecule has 0 aromatic rings. The lowest BCUT2D eigenvalue weighted by atomic mass is 9.90. The molecule has 1 aliphatic rings. The van der Waals surface area contributed by atoms with Crippen molar-refractivity contribution in [2.75, 3.05) is 0 Å². The van der Waals surface area contributed by atoms with Crippen molar-refractivity contribution in [2.45, 2.75) is 51.9 Å². The molecule has 0 saturated carbocycles. The third-order valence-corrected chi connectivity index (χ3v) is 2.66. The van der Waals surface area contributed by atoms with Gasteiger partial charge in [-0.25, -0.2) is 0 Å². The van der Waals surface area contributed by atoms with Gasteiger partial charge in [0.15, 0.2) is 0 Å². The lowest BCUT2D eigenvalue weighted by Crippen LogP contribution is -2.41. The van der Waals surface area contributed by atoms with Gasteiger partial charge in [0, 0.05) is 6.42 Å². The van der Waals surface area contributed by atoms with Crippen LogP contribution in [0.5, 0.6) is 0 Å². The molecule has 0 aromatic heterocycles. The zero-order valence-corrected chi connectivity index (χ0v) is 8.58. The Morgan fingerprint density at radius 3 is 2.77 bits per heavy atom. The standard InChI is InChI=1S/C11H18O2/c1-4-5-6-11-8(2)7-10(12)9(3)13-11/h8-12H,6-7H2,1-3H3/t8-,9+,10-,11-/m0/s1. The van der Waals surface area contributed by atoms with Crippen LogP contribution in [-0.2, 0) is 4.74 Å². The Bertz CT molecular complexity index is 214. The summed E-state index contributed by atoms with van der Waals surface area (Å²) < 4.78 is 5.66. The van der Waals surface area contributed by atoms with Gasteiger partial charge < -0.3 is 9.84 Å². The highest BCUT2D eigenvalue weighted by Gasteiger charge is 2.31. The maximum atomic E-state index is 9.53. The van der Waals surface area contributed by atoms with Gasteiger partial charge in [0.2, 0.25) is 0 Å². The van der Waals surface area contributed by atoms with Crippen molar-refractivity contribution in [3.05, 3.63) is 0 Å². The van der Waals surface area contributed by atoms with Crippen LogP contribution in [0.2, 0.25) is 0 Å². The molecule has 1 aliphatic heterocycles. The van der Waals surface area contributed by atoms with Crippen LogP contribution in [0.1, 0.15) is 33.6 Å². The minimum Gasteiger partial charge on any atom is -0.390 e. The van der Waals surface area contributed by atoms with E-state index in [4.69, 9.17) is 4.74 Å². The molecule has 1 saturated heterocycles. The molecule has 74 valence electrons. The minimum absolute atomic E-state index is 0.0418. The largest absolute Gasteiger partial charge is 0.390 e. The molecule has 0 spiro atoms. The van der Waals surface area contributed by atoms with Crippen LogP contribution in [0, 0.1) is 17.8 Å². The third kappa shape index (κ3) is 2.72. The second kappa shape index (κ2) is 4.64. The summed E-state index contributed by atoms with van der Waals surface area (Å²) in [6, 6.07) is 0. The first kappa shape index (κ1) is 10.6. The molecular formula is C11H18O2. The Balaban J connectivity index is 2.49. The molecule has 2 heteroatoms. The molecule has 13 heavy (non-hydrogen) atoms. The summed E-state index contributed by atoms with van der Waals surface area (Å²) >= 11 is 0. The molecule has 0 amide bonds. The Labute approximate surface area is 80.3 Å². The van der Waals surface area contributed by atoms with Crippen LogP contribution in [0.15, 0.2) is 0 Å². The third-order valence-electron chi connectivity index (χ3n) is 2.66. The lowest BCUT2D eigenvalue weighted by molar-refractivity contribution is -0.130. The summed E-state index contributed by atoms with van der Waals surface area (Å²) in [6.45, 7) is 5.87. The summed E-state index contributed by atoms with van der Waals surface area (Å²) in [6.07, 6.45) is 1.47. The highest BCUT2D eigenvalue weighted by atomic mass is 16.5. The fourth-order valence-electron chi connectivity index (χ4n) is 1.68. The number of aliphatic hydroxyl groups is 1. The Kier molecular flexibility index (Phi) is 3.77. The molecule has 1 heterocycles. The Morgan fingerprint density at radius 2 is 2.15 bits per heavy atom. The van der Waals surface area contributed by atoms with Crippen LogP contribution >= 0.6 is 0 Å². The van der Waals surface area contributed by atoms with Gasteiger partial charge in [-0.1, -0.05) is 6.92 Å². The van der Waals surface area contributed by atoms with E-state index >= 15 is 0 Å². The second-order valence-electron chi connectivity index (χ2n) is 3.79. The Morgan fingerprint density at radius 1 is 1.46 bits per heavy atom. The monoisotopic (exact) mass is 182 g/mol. The summed E-state index contributed by atoms with van der Waals surface area (Å²) in [4.78, 5) is 0. The van der Waals surface area contributed by atoms with E-state index in [9.17, 15) is 5.11 Å². The van der Waals surface area contributed by atoms with Gasteiger partial charge in [-0.2, -0.15) is 0 Å². The molecule has 0 aliphatic carbocycles. The number of hydrogen-bond acceptors (Lipinski definition) is 2. The maximum Gasteiger partial charge on any atom is 0.0810 e. The molecule has 0 unspecified atom stereocenters. The minimum atomic E-state index is -0.305. The Hall–Kier alpha value is -0.520. The van der Waals surface area contributed by atoms with E-state index in [1.165, 1.54) is 0 Å². The maximum absolute atomic E-state index is 9.53. The van der Waals surface area contributed by atoms with Gasteiger partial charge in [-0.15, -0.1) is 11.8 Å². The van der Waals surface area contributed by atoms with Crippen molar-refractivity contribution in [3.63, 3.8) is 0 Å². The molecule has 1 fully saturated rings. The van der Waals surface area contributed by atoms with Crippen LogP contribution in [-0.4, -0.2) is 23.4 Å². The van der Waals surface area contributed by atoms with Gasteiger partial charge in [-0.3, -0.25) is 0 Å². The molecule has 2 nitrogen and oxygen atoms in total. The van der Waals surface area contributed by atoms with Gasteiger partial charge in [0.25, 0.3) is 0 Å². The van der Waals surface area contributed by atoms with E-state index in [0.717, 1.165) is 12.8 Å². The van der Waals surface area contributed by atoms with E-state index in [2.05, 4.69) is 18.8 Å². The fraction of sp³-hybridized carbons (Fsp3) is 0.818. The highest BCUT2D eigenvalue weighted by Crippen LogP contribution is 2.26. The first-order chi connectivity index (χ1) is 6.15. The second-order valence-corrected chi connectivity index (χ2v) is 3.79. The topological polar surface area (TPSA) is 29.5 Å². The lowest BCUT2D eigenvalue weighted by Gasteiger charge is -2.35. The van der Waals surface area contributed by atoms with Crippen LogP contribution in [0.4, 0.5) is 0 Å². The van der Waals surface area contributed by atoms with E-state index in [-0.39, 0.29) is 18.3 Å². The molecule has 1 N–H and O–H groups in total. The first-order valence-corrected chi connectivity index (χ1v) is 4.88. The first-order valence-electron chi connectivity index (χ1n) is 4.88. The molecular weight excluding hydrogens is 164 g/mol. The summed E-state index contributed by atoms with van der Waals surface area (Å²) in [5.74, 6) is 6.31. The number of hydrogen-bond donors (Lipinski definition) is 1. The number of ether oxygens (including phenoxy) is 1. The van der Waals surface area contributed by atoms with Crippen LogP contribution < -0.4 is 0 Å². The normalized spacial score (nSPS) is 39.4. The molecule has 0 bridgehead atoms. The quantitative estimate of drug-likeness (QED) is 0.624. The predicted octanol–water partition coefficient (Wildman–Crippen LogP) is 1.57. The smallest absolute Gasteiger partial charge is 0.0810 e. The average Bonchev–Trinajstić information content (AvgIpc) is 2.09. The van der Waals surface area contributed by atoms with Gasteiger partial charge in [0.05, 0.1) is 18.3 Å². The van der Waals surface area contributed by atoms with Crippen molar-refractivity contribution in [1.82, 2.24) is 0 Å². The molecule has 0 radical (unpaired) electrons. The van der Waals surface area contributed by atoms with Crippen molar-refractivity contribution in [2.24, 2.45) is 5.92 Å². The zero-order chi connectivity index (χ0) is 9.84. The van der Waals surface area contributed by atoms with E-state index in [1.54, 1.807) is 0 Å². The number of rotatable bonds is 1. The summed E-state index contributed by atoms with van der Waals surface area (Å²) in [5.41, 5.74) is 0. The fourth-order valence-corrected chi connectivity index (χ4v) is 1.68. The average molecular weight is 182 g/mol. The molecule has 0 aromatic carbocycles. The van der Waals surface area contributed by atoms with Gasteiger partial charge in [-0.05, 0) is 26.2 Å².